The second kappa shape index (κ2) is 10.3. The summed E-state index contributed by atoms with van der Waals surface area (Å²) < 4.78 is 7.60. The van der Waals surface area contributed by atoms with Crippen LogP contribution >= 0.6 is 11.6 Å². The molecule has 1 aliphatic heterocycles. The molecule has 1 aromatic carbocycles. The summed E-state index contributed by atoms with van der Waals surface area (Å²) in [5, 5.41) is 10.4. The number of rotatable bonds is 4. The molecule has 0 radical (unpaired) electrons. The van der Waals surface area contributed by atoms with E-state index in [-0.39, 0.29) is 18.7 Å². The van der Waals surface area contributed by atoms with Gasteiger partial charge in [-0.15, -0.1) is 0 Å². The van der Waals surface area contributed by atoms with Crippen LogP contribution in [0.15, 0.2) is 48.9 Å². The van der Waals surface area contributed by atoms with Gasteiger partial charge < -0.3 is 14.7 Å². The number of hydrogen-bond acceptors (Lipinski definition) is 5. The Hall–Kier alpha value is -3.20. The highest BCUT2D eigenvalue weighted by atomic mass is 35.5. The predicted molar refractivity (Wildman–Crippen MR) is 142 cm³/mol. The highest BCUT2D eigenvalue weighted by molar-refractivity contribution is 6.30. The number of allylic oxidation sites excluding steroid dienone is 1. The molecule has 0 unspecified atom stereocenters. The standard InChI is InChI=1S/C28H32ClN5O3/c1-28(2,3)37-27(36)33-13-11-32(12-14-33)26-22-7-6-21(29)16-23(22)20(15-19-5-4-8-31-25(19)26)17-34-10-9-30-24(34)18-35/h4-10,15-16,26,35H,11-14,17-18H2,1-3H3/p+1/t26-/m0/s1. The molecule has 0 saturated carbocycles. The molecule has 2 aliphatic rings. The molecule has 1 fully saturated rings. The molecular weight excluding hydrogens is 490 g/mol. The van der Waals surface area contributed by atoms with Gasteiger partial charge in [-0.25, -0.2) is 14.3 Å². The van der Waals surface area contributed by atoms with Crippen molar-refractivity contribution < 1.29 is 19.2 Å². The number of aliphatic hydroxyl groups excluding tert-OH is 1. The first-order valence-corrected chi connectivity index (χ1v) is 12.9. The van der Waals surface area contributed by atoms with Crippen molar-refractivity contribution in [3.63, 3.8) is 0 Å². The van der Waals surface area contributed by atoms with E-state index in [4.69, 9.17) is 21.3 Å². The number of aromatic nitrogens is 3. The first-order chi connectivity index (χ1) is 17.7. The molecule has 1 amide bonds. The van der Waals surface area contributed by atoms with Crippen molar-refractivity contribution in [1.82, 2.24) is 19.8 Å². The van der Waals surface area contributed by atoms with Crippen LogP contribution in [-0.2, 0) is 17.9 Å². The number of ether oxygens (including phenoxy) is 1. The third-order valence-corrected chi connectivity index (χ3v) is 7.02. The van der Waals surface area contributed by atoms with Gasteiger partial charge >= 0.3 is 6.09 Å². The van der Waals surface area contributed by atoms with Crippen LogP contribution in [0.5, 0.6) is 0 Å². The van der Waals surface area contributed by atoms with Crippen LogP contribution in [0.4, 0.5) is 4.79 Å². The van der Waals surface area contributed by atoms with E-state index in [1.54, 1.807) is 4.90 Å². The number of nitrogens with one attached hydrogen (secondary N) is 1. The normalized spacial score (nSPS) is 18.0. The number of piperazine rings is 1. The summed E-state index contributed by atoms with van der Waals surface area (Å²) >= 11 is 6.52. The Labute approximate surface area is 222 Å². The molecule has 9 heteroatoms. The van der Waals surface area contributed by atoms with E-state index in [1.807, 2.05) is 62.1 Å². The van der Waals surface area contributed by atoms with Crippen LogP contribution in [0.2, 0.25) is 5.02 Å². The Balaban J connectivity index is 1.50. The average molecular weight is 523 g/mol. The van der Waals surface area contributed by atoms with Gasteiger partial charge in [0.05, 0.1) is 11.7 Å². The molecule has 1 atom stereocenters. The third kappa shape index (κ3) is 5.42. The maximum atomic E-state index is 12.7. The molecule has 3 aromatic rings. The Morgan fingerprint density at radius 1 is 1.24 bits per heavy atom. The number of imidazole rings is 1. The minimum atomic E-state index is -0.522. The third-order valence-electron chi connectivity index (χ3n) is 6.79. The Kier molecular flexibility index (Phi) is 7.07. The van der Waals surface area contributed by atoms with E-state index in [2.05, 4.69) is 28.1 Å². The van der Waals surface area contributed by atoms with Gasteiger partial charge in [0.25, 0.3) is 5.82 Å². The number of carbonyl (C=O) groups excluding carboxylic acids is 1. The molecular formula is C28H33ClN5O3+. The maximum absolute atomic E-state index is 12.7. The van der Waals surface area contributed by atoms with Crippen molar-refractivity contribution in [1.29, 1.82) is 0 Å². The highest BCUT2D eigenvalue weighted by Gasteiger charge is 2.35. The molecule has 5 rings (SSSR count). The summed E-state index contributed by atoms with van der Waals surface area (Å²) in [6, 6.07) is 9.99. The van der Waals surface area contributed by atoms with Crippen LogP contribution < -0.4 is 4.57 Å². The van der Waals surface area contributed by atoms with Gasteiger partial charge in [-0.1, -0.05) is 23.7 Å². The zero-order valence-corrected chi connectivity index (χ0v) is 22.2. The number of carbonyl (C=O) groups is 1. The number of benzene rings is 1. The lowest BCUT2D eigenvalue weighted by Gasteiger charge is -2.40. The van der Waals surface area contributed by atoms with Gasteiger partial charge in [-0.2, -0.15) is 0 Å². The fraction of sp³-hybridized carbons (Fsp3) is 0.393. The smallest absolute Gasteiger partial charge is 0.410 e. The number of nitrogens with zero attached hydrogens (tertiary/aromatic N) is 4. The number of amides is 1. The Bertz CT molecular complexity index is 1320. The first kappa shape index (κ1) is 25.4. The number of aromatic amines is 1. The SMILES string of the molecule is CC(C)(C)OC(=O)N1CCN([C@H]2c3ccc(Cl)cc3C(C[n+]3cc[nH]c3CO)=Cc3cccnc32)CC1. The number of hydrogen-bond donors (Lipinski definition) is 2. The summed E-state index contributed by atoms with van der Waals surface area (Å²) in [5.74, 6) is 0.731. The van der Waals surface area contributed by atoms with Crippen molar-refractivity contribution in [2.45, 2.75) is 45.6 Å². The monoisotopic (exact) mass is 522 g/mol. The van der Waals surface area contributed by atoms with Crippen molar-refractivity contribution >= 4 is 29.3 Å². The number of fused-ring (bicyclic) bond motifs is 2. The van der Waals surface area contributed by atoms with Crippen LogP contribution in [0, 0.1) is 0 Å². The second-order valence-corrected chi connectivity index (χ2v) is 10.9. The van der Waals surface area contributed by atoms with E-state index in [1.165, 1.54) is 0 Å². The minimum Gasteiger partial charge on any atom is -0.444 e. The summed E-state index contributed by atoms with van der Waals surface area (Å²) in [5.41, 5.74) is 4.77. The zero-order chi connectivity index (χ0) is 26.2. The molecule has 0 bridgehead atoms. The van der Waals surface area contributed by atoms with Gasteiger partial charge in [0.1, 0.15) is 31.1 Å². The first-order valence-electron chi connectivity index (χ1n) is 12.6. The number of aliphatic hydroxyl groups is 1. The summed E-state index contributed by atoms with van der Waals surface area (Å²) in [7, 11) is 0. The lowest BCUT2D eigenvalue weighted by Crippen LogP contribution is -2.51. The molecule has 37 heavy (non-hydrogen) atoms. The molecule has 2 aromatic heterocycles. The Morgan fingerprint density at radius 2 is 2.03 bits per heavy atom. The fourth-order valence-corrected chi connectivity index (χ4v) is 5.26. The van der Waals surface area contributed by atoms with Crippen molar-refractivity contribution in [3.8, 4) is 0 Å². The van der Waals surface area contributed by atoms with Crippen LogP contribution in [0.3, 0.4) is 0 Å². The van der Waals surface area contributed by atoms with Crippen molar-refractivity contribution in [2.24, 2.45) is 0 Å². The molecule has 1 aliphatic carbocycles. The molecule has 2 N–H and O–H groups in total. The lowest BCUT2D eigenvalue weighted by molar-refractivity contribution is -0.692. The minimum absolute atomic E-state index is 0.0780. The van der Waals surface area contributed by atoms with Crippen LogP contribution in [0.1, 0.15) is 55.0 Å². The predicted octanol–water partition coefficient (Wildman–Crippen LogP) is 4.04. The van der Waals surface area contributed by atoms with Gasteiger partial charge in [0.2, 0.25) is 0 Å². The van der Waals surface area contributed by atoms with E-state index in [0.717, 1.165) is 33.8 Å². The topological polar surface area (TPSA) is 85.6 Å². The second-order valence-electron chi connectivity index (χ2n) is 10.5. The summed E-state index contributed by atoms with van der Waals surface area (Å²) in [6.07, 6.45) is 7.49. The molecule has 194 valence electrons. The summed E-state index contributed by atoms with van der Waals surface area (Å²) in [4.78, 5) is 24.8. The van der Waals surface area contributed by atoms with Crippen LogP contribution in [-0.4, -0.2) is 62.7 Å². The van der Waals surface area contributed by atoms with Crippen molar-refractivity contribution in [2.75, 3.05) is 26.2 Å². The lowest BCUT2D eigenvalue weighted by atomic mass is 9.93. The van der Waals surface area contributed by atoms with Gasteiger partial charge in [0.15, 0.2) is 0 Å². The fourth-order valence-electron chi connectivity index (χ4n) is 5.09. The number of pyridine rings is 1. The molecule has 8 nitrogen and oxygen atoms in total. The number of halogens is 1. The largest absolute Gasteiger partial charge is 0.444 e. The number of H-pyrrole nitrogens is 1. The molecule has 0 spiro atoms. The quantitative estimate of drug-likeness (QED) is 0.505. The molecule has 1 saturated heterocycles. The highest BCUT2D eigenvalue weighted by Crippen LogP contribution is 2.40. The summed E-state index contributed by atoms with van der Waals surface area (Å²) in [6.45, 7) is 8.69. The van der Waals surface area contributed by atoms with Gasteiger partial charge in [-0.05, 0) is 61.7 Å². The van der Waals surface area contributed by atoms with Gasteiger partial charge in [0, 0.05) is 43.0 Å². The van der Waals surface area contributed by atoms with Gasteiger partial charge in [-0.3, -0.25) is 9.88 Å². The van der Waals surface area contributed by atoms with Crippen LogP contribution in [0.25, 0.3) is 11.6 Å². The Morgan fingerprint density at radius 3 is 2.76 bits per heavy atom. The average Bonchev–Trinajstić information content (AvgIpc) is 3.26. The van der Waals surface area contributed by atoms with E-state index < -0.39 is 5.60 Å². The molecule has 3 heterocycles. The van der Waals surface area contributed by atoms with E-state index >= 15 is 0 Å². The van der Waals surface area contributed by atoms with Crippen molar-refractivity contribution in [3.05, 3.63) is 82.2 Å². The zero-order valence-electron chi connectivity index (χ0n) is 21.4. The maximum Gasteiger partial charge on any atom is 0.410 e. The van der Waals surface area contributed by atoms with E-state index in [0.29, 0.717) is 37.7 Å². The van der Waals surface area contributed by atoms with E-state index in [9.17, 15) is 9.90 Å².